The molecule has 0 bridgehead atoms. The second kappa shape index (κ2) is 8.12. The molecule has 0 aliphatic carbocycles. The van der Waals surface area contributed by atoms with Crippen LogP contribution in [0.25, 0.3) is 10.9 Å². The second-order valence-electron chi connectivity index (χ2n) is 5.93. The number of ether oxygens (including phenoxy) is 1. The lowest BCUT2D eigenvalue weighted by Gasteiger charge is -2.06. The highest BCUT2D eigenvalue weighted by atomic mass is 32.2. The number of methoxy groups -OCH3 is 1. The molecule has 2 aromatic carbocycles. The minimum Gasteiger partial charge on any atom is -0.497 e. The Balaban J connectivity index is 1.49. The first-order valence-corrected chi connectivity index (χ1v) is 9.24. The molecule has 1 aromatic heterocycles. The predicted molar refractivity (Wildman–Crippen MR) is 103 cm³/mol. The van der Waals surface area contributed by atoms with E-state index in [0.29, 0.717) is 12.3 Å². The van der Waals surface area contributed by atoms with Gasteiger partial charge in [0.1, 0.15) is 5.75 Å². The van der Waals surface area contributed by atoms with Crippen LogP contribution in [0.1, 0.15) is 11.1 Å². The highest BCUT2D eigenvalue weighted by molar-refractivity contribution is 8.00. The molecule has 25 heavy (non-hydrogen) atoms. The molecule has 0 aliphatic rings. The summed E-state index contributed by atoms with van der Waals surface area (Å²) in [6.45, 7) is 2.68. The van der Waals surface area contributed by atoms with E-state index in [2.05, 4.69) is 29.4 Å². The molecule has 3 aromatic rings. The van der Waals surface area contributed by atoms with Gasteiger partial charge in [-0.2, -0.15) is 0 Å². The summed E-state index contributed by atoms with van der Waals surface area (Å²) in [5, 5.41) is 4.13. The average molecular weight is 354 g/mol. The standard InChI is InChI=1S/C20H22N2O2S/c1-14-3-6-17(7-4-14)25-13-20(23)21-10-9-15-12-22-19-8-5-16(24-2)11-18(15)19/h3-8,11-12,22H,9-10,13H2,1-2H3,(H,21,23). The van der Waals surface area contributed by atoms with Crippen LogP contribution in [0.5, 0.6) is 5.75 Å². The summed E-state index contributed by atoms with van der Waals surface area (Å²) in [6.07, 6.45) is 2.78. The number of aryl methyl sites for hydroxylation is 1. The van der Waals surface area contributed by atoms with Gasteiger partial charge in [0, 0.05) is 28.5 Å². The van der Waals surface area contributed by atoms with Gasteiger partial charge in [-0.25, -0.2) is 0 Å². The average Bonchev–Trinajstić information content (AvgIpc) is 3.03. The summed E-state index contributed by atoms with van der Waals surface area (Å²) in [6, 6.07) is 14.2. The van der Waals surface area contributed by atoms with Gasteiger partial charge in [0.15, 0.2) is 0 Å². The number of carbonyl (C=O) groups excluding carboxylic acids is 1. The molecule has 5 heteroatoms. The Bertz CT molecular complexity index is 856. The van der Waals surface area contributed by atoms with E-state index in [1.54, 1.807) is 18.9 Å². The van der Waals surface area contributed by atoms with Gasteiger partial charge < -0.3 is 15.0 Å². The van der Waals surface area contributed by atoms with Crippen LogP contribution in [0.2, 0.25) is 0 Å². The number of thioether (sulfide) groups is 1. The first kappa shape index (κ1) is 17.4. The Hall–Kier alpha value is -2.40. The summed E-state index contributed by atoms with van der Waals surface area (Å²) in [5.74, 6) is 1.33. The first-order valence-electron chi connectivity index (χ1n) is 8.26. The SMILES string of the molecule is COc1ccc2[nH]cc(CCNC(=O)CSc3ccc(C)cc3)c2c1. The molecule has 0 unspecified atom stereocenters. The Kier molecular flexibility index (Phi) is 5.66. The lowest BCUT2D eigenvalue weighted by molar-refractivity contribution is -0.118. The van der Waals surface area contributed by atoms with Crippen molar-refractivity contribution in [1.82, 2.24) is 10.3 Å². The van der Waals surface area contributed by atoms with Gasteiger partial charge in [-0.1, -0.05) is 17.7 Å². The van der Waals surface area contributed by atoms with Crippen LogP contribution in [0.3, 0.4) is 0 Å². The van der Waals surface area contributed by atoms with E-state index in [1.165, 1.54) is 11.1 Å². The monoisotopic (exact) mass is 354 g/mol. The summed E-state index contributed by atoms with van der Waals surface area (Å²) in [4.78, 5) is 16.4. The number of aromatic nitrogens is 1. The minimum atomic E-state index is 0.0583. The van der Waals surface area contributed by atoms with Crippen LogP contribution in [0.4, 0.5) is 0 Å². The van der Waals surface area contributed by atoms with E-state index in [-0.39, 0.29) is 5.91 Å². The maximum absolute atomic E-state index is 12.0. The molecule has 0 spiro atoms. The highest BCUT2D eigenvalue weighted by Crippen LogP contribution is 2.23. The molecule has 2 N–H and O–H groups in total. The van der Waals surface area contributed by atoms with E-state index in [4.69, 9.17) is 4.74 Å². The van der Waals surface area contributed by atoms with Crippen molar-refractivity contribution in [2.75, 3.05) is 19.4 Å². The number of hydrogen-bond acceptors (Lipinski definition) is 3. The summed E-state index contributed by atoms with van der Waals surface area (Å²) in [5.41, 5.74) is 3.49. The third-order valence-electron chi connectivity index (χ3n) is 4.08. The Morgan fingerprint density at radius 2 is 2.00 bits per heavy atom. The largest absolute Gasteiger partial charge is 0.497 e. The molecule has 0 aliphatic heterocycles. The molecular weight excluding hydrogens is 332 g/mol. The van der Waals surface area contributed by atoms with E-state index in [0.717, 1.165) is 28.0 Å². The van der Waals surface area contributed by atoms with Crippen molar-refractivity contribution in [3.05, 3.63) is 59.8 Å². The number of nitrogens with one attached hydrogen (secondary N) is 2. The van der Waals surface area contributed by atoms with Crippen molar-refractivity contribution in [2.45, 2.75) is 18.2 Å². The van der Waals surface area contributed by atoms with Crippen molar-refractivity contribution in [2.24, 2.45) is 0 Å². The molecular formula is C20H22N2O2S. The van der Waals surface area contributed by atoms with Gasteiger partial charge in [-0.05, 0) is 49.2 Å². The lowest BCUT2D eigenvalue weighted by Crippen LogP contribution is -2.27. The first-order chi connectivity index (χ1) is 12.2. The quantitative estimate of drug-likeness (QED) is 0.632. The van der Waals surface area contributed by atoms with Gasteiger partial charge in [-0.3, -0.25) is 4.79 Å². The highest BCUT2D eigenvalue weighted by Gasteiger charge is 2.07. The molecule has 4 nitrogen and oxygen atoms in total. The third-order valence-corrected chi connectivity index (χ3v) is 5.09. The maximum atomic E-state index is 12.0. The van der Waals surface area contributed by atoms with Gasteiger partial charge in [-0.15, -0.1) is 11.8 Å². The zero-order valence-electron chi connectivity index (χ0n) is 14.5. The number of hydrogen-bond donors (Lipinski definition) is 2. The molecule has 0 fully saturated rings. The number of amides is 1. The minimum absolute atomic E-state index is 0.0583. The Labute approximate surface area is 152 Å². The molecule has 1 amide bonds. The van der Waals surface area contributed by atoms with Crippen LogP contribution in [0, 0.1) is 6.92 Å². The van der Waals surface area contributed by atoms with Crippen molar-refractivity contribution in [3.63, 3.8) is 0 Å². The zero-order chi connectivity index (χ0) is 17.6. The molecule has 0 atom stereocenters. The molecule has 1 heterocycles. The van der Waals surface area contributed by atoms with Crippen molar-refractivity contribution in [1.29, 1.82) is 0 Å². The van der Waals surface area contributed by atoms with Crippen molar-refractivity contribution < 1.29 is 9.53 Å². The normalized spacial score (nSPS) is 10.8. The fourth-order valence-corrected chi connectivity index (χ4v) is 3.39. The van der Waals surface area contributed by atoms with Crippen LogP contribution < -0.4 is 10.1 Å². The van der Waals surface area contributed by atoms with Gasteiger partial charge in [0.05, 0.1) is 12.9 Å². The molecule has 3 rings (SSSR count). The van der Waals surface area contributed by atoms with Crippen LogP contribution in [-0.4, -0.2) is 30.3 Å². The second-order valence-corrected chi connectivity index (χ2v) is 6.98. The van der Waals surface area contributed by atoms with Crippen molar-refractivity contribution >= 4 is 28.6 Å². The number of aromatic amines is 1. The maximum Gasteiger partial charge on any atom is 0.230 e. The topological polar surface area (TPSA) is 54.1 Å². The fourth-order valence-electron chi connectivity index (χ4n) is 2.66. The van der Waals surface area contributed by atoms with Gasteiger partial charge >= 0.3 is 0 Å². The molecule has 0 saturated carbocycles. The fraction of sp³-hybridized carbons (Fsp3) is 0.250. The number of carbonyl (C=O) groups is 1. The number of rotatable bonds is 7. The Morgan fingerprint density at radius 3 is 2.76 bits per heavy atom. The van der Waals surface area contributed by atoms with Crippen LogP contribution >= 0.6 is 11.8 Å². The number of benzene rings is 2. The van der Waals surface area contributed by atoms with E-state index < -0.39 is 0 Å². The third kappa shape index (κ3) is 4.57. The molecule has 130 valence electrons. The van der Waals surface area contributed by atoms with Gasteiger partial charge in [0.25, 0.3) is 0 Å². The van der Waals surface area contributed by atoms with Crippen LogP contribution in [0.15, 0.2) is 53.6 Å². The van der Waals surface area contributed by atoms with Crippen LogP contribution in [-0.2, 0) is 11.2 Å². The summed E-state index contributed by atoms with van der Waals surface area (Å²) < 4.78 is 5.28. The van der Waals surface area contributed by atoms with Crippen molar-refractivity contribution in [3.8, 4) is 5.75 Å². The van der Waals surface area contributed by atoms with E-state index in [9.17, 15) is 4.79 Å². The van der Waals surface area contributed by atoms with E-state index in [1.807, 2.05) is 36.5 Å². The zero-order valence-corrected chi connectivity index (χ0v) is 15.3. The van der Waals surface area contributed by atoms with Gasteiger partial charge in [0.2, 0.25) is 5.91 Å². The van der Waals surface area contributed by atoms with E-state index >= 15 is 0 Å². The summed E-state index contributed by atoms with van der Waals surface area (Å²) in [7, 11) is 1.67. The molecule has 0 saturated heterocycles. The summed E-state index contributed by atoms with van der Waals surface area (Å²) >= 11 is 1.56. The lowest BCUT2D eigenvalue weighted by atomic mass is 10.1. The number of H-pyrrole nitrogens is 1. The predicted octanol–water partition coefficient (Wildman–Crippen LogP) is 3.94. The molecule has 0 radical (unpaired) electrons. The number of fused-ring (bicyclic) bond motifs is 1. The smallest absolute Gasteiger partial charge is 0.230 e. The Morgan fingerprint density at radius 1 is 1.20 bits per heavy atom.